The Morgan fingerprint density at radius 3 is 3.00 bits per heavy atom. The lowest BCUT2D eigenvalue weighted by atomic mass is 10.0. The highest BCUT2D eigenvalue weighted by Crippen LogP contribution is 2.18. The van der Waals surface area contributed by atoms with Crippen LogP contribution in [0.2, 0.25) is 0 Å². The van der Waals surface area contributed by atoms with Crippen LogP contribution in [0.4, 0.5) is 10.1 Å². The Balaban J connectivity index is 1.99. The molecule has 2 heterocycles. The second-order valence-electron chi connectivity index (χ2n) is 4.57. The molecular weight excluding hydrogens is 205 g/mol. The third-order valence-electron chi connectivity index (χ3n) is 2.97. The fraction of sp³-hybridized carbons (Fsp3) is 0.583. The maximum atomic E-state index is 13.8. The molecule has 16 heavy (non-hydrogen) atoms. The molecular formula is C12H18FN3. The standard InChI is InChI=1S/C12H18FN3/c1-9-5-10(7-14-6-9)15-12-3-4-16(2)8-11(12)13/h5-7,11-12,15H,3-4,8H2,1-2H3. The number of pyridine rings is 1. The molecule has 88 valence electrons. The molecule has 1 aromatic rings. The molecule has 0 radical (unpaired) electrons. The number of aromatic nitrogens is 1. The summed E-state index contributed by atoms with van der Waals surface area (Å²) in [5, 5.41) is 3.23. The van der Waals surface area contributed by atoms with Gasteiger partial charge in [-0.15, -0.1) is 0 Å². The summed E-state index contributed by atoms with van der Waals surface area (Å²) in [4.78, 5) is 6.12. The van der Waals surface area contributed by atoms with Gasteiger partial charge in [-0.1, -0.05) is 0 Å². The van der Waals surface area contributed by atoms with Crippen LogP contribution < -0.4 is 5.32 Å². The van der Waals surface area contributed by atoms with Gasteiger partial charge in [0.25, 0.3) is 0 Å². The molecule has 1 aromatic heterocycles. The van der Waals surface area contributed by atoms with E-state index in [1.807, 2.05) is 24.9 Å². The van der Waals surface area contributed by atoms with Gasteiger partial charge >= 0.3 is 0 Å². The second kappa shape index (κ2) is 4.78. The van der Waals surface area contributed by atoms with Gasteiger partial charge in [-0.05, 0) is 32.0 Å². The van der Waals surface area contributed by atoms with Crippen molar-refractivity contribution in [2.75, 3.05) is 25.5 Å². The number of rotatable bonds is 2. The van der Waals surface area contributed by atoms with Crippen molar-refractivity contribution in [3.8, 4) is 0 Å². The molecule has 0 bridgehead atoms. The van der Waals surface area contributed by atoms with Crippen molar-refractivity contribution < 1.29 is 4.39 Å². The van der Waals surface area contributed by atoms with E-state index in [0.717, 1.165) is 24.2 Å². The number of nitrogens with zero attached hydrogens (tertiary/aromatic N) is 2. The van der Waals surface area contributed by atoms with E-state index in [2.05, 4.69) is 10.3 Å². The molecule has 1 N–H and O–H groups in total. The Morgan fingerprint density at radius 2 is 2.31 bits per heavy atom. The van der Waals surface area contributed by atoms with Crippen molar-refractivity contribution >= 4 is 5.69 Å². The predicted octanol–water partition coefficient (Wildman–Crippen LogP) is 1.84. The van der Waals surface area contributed by atoms with Gasteiger partial charge in [-0.25, -0.2) is 4.39 Å². The summed E-state index contributed by atoms with van der Waals surface area (Å²) in [6.45, 7) is 3.44. The van der Waals surface area contributed by atoms with Crippen molar-refractivity contribution in [1.82, 2.24) is 9.88 Å². The number of likely N-dealkylation sites (tertiary alicyclic amines) is 1. The predicted molar refractivity (Wildman–Crippen MR) is 63.4 cm³/mol. The first kappa shape index (κ1) is 11.3. The average molecular weight is 223 g/mol. The van der Waals surface area contributed by atoms with E-state index in [9.17, 15) is 4.39 Å². The molecule has 0 amide bonds. The molecule has 1 aliphatic heterocycles. The second-order valence-corrected chi connectivity index (χ2v) is 4.57. The smallest absolute Gasteiger partial charge is 0.133 e. The number of hydrogen-bond acceptors (Lipinski definition) is 3. The van der Waals surface area contributed by atoms with Gasteiger partial charge in [0.1, 0.15) is 6.17 Å². The number of alkyl halides is 1. The van der Waals surface area contributed by atoms with Gasteiger partial charge in [0.2, 0.25) is 0 Å². The summed E-state index contributed by atoms with van der Waals surface area (Å²) in [7, 11) is 1.96. The van der Waals surface area contributed by atoms with Crippen LogP contribution in [-0.4, -0.2) is 42.2 Å². The number of piperidine rings is 1. The minimum Gasteiger partial charge on any atom is -0.378 e. The molecule has 0 aliphatic carbocycles. The third-order valence-corrected chi connectivity index (χ3v) is 2.97. The van der Waals surface area contributed by atoms with Crippen LogP contribution in [0.1, 0.15) is 12.0 Å². The molecule has 2 atom stereocenters. The number of anilines is 1. The number of aryl methyl sites for hydroxylation is 1. The zero-order valence-electron chi connectivity index (χ0n) is 9.78. The number of nitrogens with one attached hydrogen (secondary N) is 1. The van der Waals surface area contributed by atoms with Crippen molar-refractivity contribution in [2.45, 2.75) is 25.6 Å². The van der Waals surface area contributed by atoms with Gasteiger partial charge in [0.15, 0.2) is 0 Å². The minimum absolute atomic E-state index is 0.0835. The summed E-state index contributed by atoms with van der Waals surface area (Å²) in [6.07, 6.45) is 3.58. The molecule has 3 nitrogen and oxygen atoms in total. The highest BCUT2D eigenvalue weighted by Gasteiger charge is 2.27. The van der Waals surface area contributed by atoms with Gasteiger partial charge in [-0.2, -0.15) is 0 Å². The summed E-state index contributed by atoms with van der Waals surface area (Å²) >= 11 is 0. The quantitative estimate of drug-likeness (QED) is 0.829. The summed E-state index contributed by atoms with van der Waals surface area (Å²) < 4.78 is 13.8. The van der Waals surface area contributed by atoms with Crippen molar-refractivity contribution in [1.29, 1.82) is 0 Å². The lowest BCUT2D eigenvalue weighted by molar-refractivity contribution is 0.149. The molecule has 1 aliphatic rings. The maximum Gasteiger partial charge on any atom is 0.133 e. The third kappa shape index (κ3) is 2.70. The van der Waals surface area contributed by atoms with Crippen LogP contribution in [0.25, 0.3) is 0 Å². The van der Waals surface area contributed by atoms with Gasteiger partial charge in [-0.3, -0.25) is 4.98 Å². The molecule has 2 unspecified atom stereocenters. The largest absolute Gasteiger partial charge is 0.378 e. The van der Waals surface area contributed by atoms with E-state index in [4.69, 9.17) is 0 Å². The first-order valence-corrected chi connectivity index (χ1v) is 5.66. The molecule has 0 aromatic carbocycles. The van der Waals surface area contributed by atoms with Crippen LogP contribution >= 0.6 is 0 Å². The van der Waals surface area contributed by atoms with E-state index >= 15 is 0 Å². The van der Waals surface area contributed by atoms with Crippen LogP contribution in [0.5, 0.6) is 0 Å². The minimum atomic E-state index is -0.806. The Bertz CT molecular complexity index is 356. The van der Waals surface area contributed by atoms with Crippen LogP contribution in [0.3, 0.4) is 0 Å². The van der Waals surface area contributed by atoms with Crippen molar-refractivity contribution in [3.05, 3.63) is 24.0 Å². The number of hydrogen-bond donors (Lipinski definition) is 1. The van der Waals surface area contributed by atoms with Crippen LogP contribution in [-0.2, 0) is 0 Å². The van der Waals surface area contributed by atoms with Gasteiger partial charge in [0, 0.05) is 25.5 Å². The molecule has 4 heteroatoms. The molecule has 1 fully saturated rings. The first-order chi connectivity index (χ1) is 7.65. The van der Waals surface area contributed by atoms with Crippen molar-refractivity contribution in [3.63, 3.8) is 0 Å². The molecule has 0 saturated carbocycles. The van der Waals surface area contributed by atoms with Gasteiger partial charge < -0.3 is 10.2 Å². The van der Waals surface area contributed by atoms with Gasteiger partial charge in [0.05, 0.1) is 11.7 Å². The van der Waals surface area contributed by atoms with Crippen LogP contribution in [0, 0.1) is 6.92 Å². The fourth-order valence-corrected chi connectivity index (χ4v) is 2.07. The SMILES string of the molecule is Cc1cncc(NC2CCN(C)CC2F)c1. The molecule has 0 spiro atoms. The summed E-state index contributed by atoms with van der Waals surface area (Å²) in [5.74, 6) is 0. The van der Waals surface area contributed by atoms with Crippen molar-refractivity contribution in [2.24, 2.45) is 0 Å². The van der Waals surface area contributed by atoms with E-state index in [1.54, 1.807) is 12.4 Å². The highest BCUT2D eigenvalue weighted by molar-refractivity contribution is 5.43. The Morgan fingerprint density at radius 1 is 1.50 bits per heavy atom. The van der Waals surface area contributed by atoms with E-state index in [0.29, 0.717) is 6.54 Å². The first-order valence-electron chi connectivity index (χ1n) is 5.66. The lowest BCUT2D eigenvalue weighted by Gasteiger charge is -2.33. The Kier molecular flexibility index (Phi) is 3.39. The fourth-order valence-electron chi connectivity index (χ4n) is 2.07. The monoisotopic (exact) mass is 223 g/mol. The Hall–Kier alpha value is -1.16. The topological polar surface area (TPSA) is 28.2 Å². The van der Waals surface area contributed by atoms with E-state index in [1.165, 1.54) is 0 Å². The normalized spacial score (nSPS) is 26.7. The summed E-state index contributed by atoms with van der Waals surface area (Å²) in [6, 6.07) is 1.91. The zero-order valence-corrected chi connectivity index (χ0v) is 9.78. The van der Waals surface area contributed by atoms with E-state index < -0.39 is 6.17 Å². The molecule has 1 saturated heterocycles. The average Bonchev–Trinajstić information content (AvgIpc) is 2.22. The zero-order chi connectivity index (χ0) is 11.5. The number of halogens is 1. The van der Waals surface area contributed by atoms with Crippen LogP contribution in [0.15, 0.2) is 18.5 Å². The maximum absolute atomic E-state index is 13.8. The Labute approximate surface area is 95.7 Å². The molecule has 2 rings (SSSR count). The summed E-state index contributed by atoms with van der Waals surface area (Å²) in [5.41, 5.74) is 2.01. The van der Waals surface area contributed by atoms with E-state index in [-0.39, 0.29) is 6.04 Å². The lowest BCUT2D eigenvalue weighted by Crippen LogP contribution is -2.46. The highest BCUT2D eigenvalue weighted by atomic mass is 19.1.